The topological polar surface area (TPSA) is 73.0 Å². The van der Waals surface area contributed by atoms with Crippen LogP contribution >= 0.6 is 22.6 Å². The van der Waals surface area contributed by atoms with Gasteiger partial charge in [-0.25, -0.2) is 0 Å². The maximum absolute atomic E-state index is 10.5. The molecule has 1 N–H and O–H groups in total. The summed E-state index contributed by atoms with van der Waals surface area (Å²) < 4.78 is 2.26. The summed E-state index contributed by atoms with van der Waals surface area (Å²) in [5, 5.41) is 17.5. The fourth-order valence-electron chi connectivity index (χ4n) is 1.13. The van der Waals surface area contributed by atoms with Crippen LogP contribution in [0.2, 0.25) is 0 Å². The monoisotopic (exact) mass is 294 g/mol. The van der Waals surface area contributed by atoms with Crippen molar-refractivity contribution in [3.05, 3.63) is 19.9 Å². The molecule has 0 amide bonds. The van der Waals surface area contributed by atoms with Crippen molar-refractivity contribution in [2.45, 2.75) is 6.04 Å². The molecule has 70 valence electrons. The van der Waals surface area contributed by atoms with Crippen LogP contribution in [-0.2, 0) is 0 Å². The van der Waals surface area contributed by atoms with E-state index in [9.17, 15) is 10.1 Å². The Bertz CT molecular complexity index is 346. The van der Waals surface area contributed by atoms with Gasteiger partial charge in [-0.2, -0.15) is 4.68 Å². The van der Waals surface area contributed by atoms with Crippen LogP contribution in [0.5, 0.6) is 0 Å². The first-order valence-corrected chi connectivity index (χ1v) is 4.86. The first kappa shape index (κ1) is 8.88. The third kappa shape index (κ3) is 1.53. The summed E-state index contributed by atoms with van der Waals surface area (Å²) in [6.45, 7) is 1.68. The van der Waals surface area contributed by atoms with Gasteiger partial charge in [0.05, 0.1) is 17.3 Å². The molecule has 0 saturated carbocycles. The lowest BCUT2D eigenvalue weighted by atomic mass is 10.2. The number of aromatic nitrogens is 2. The summed E-state index contributed by atoms with van der Waals surface area (Å²) in [5.74, 6) is -0.0486. The van der Waals surface area contributed by atoms with E-state index in [1.165, 1.54) is 0 Å². The summed E-state index contributed by atoms with van der Waals surface area (Å²) in [6, 6.07) is 0.280. The summed E-state index contributed by atoms with van der Waals surface area (Å²) >= 11 is 1.92. The molecule has 0 aromatic carbocycles. The second kappa shape index (κ2) is 3.22. The lowest BCUT2D eigenvalue weighted by Crippen LogP contribution is -2.43. The molecule has 0 bridgehead atoms. The average molecular weight is 294 g/mol. The summed E-state index contributed by atoms with van der Waals surface area (Å²) in [5.41, 5.74) is 0. The number of halogens is 1. The van der Waals surface area contributed by atoms with E-state index in [-0.39, 0.29) is 11.9 Å². The molecule has 1 aliphatic heterocycles. The second-order valence-corrected chi connectivity index (χ2v) is 4.01. The lowest BCUT2D eigenvalue weighted by Gasteiger charge is -2.24. The van der Waals surface area contributed by atoms with E-state index in [1.54, 1.807) is 10.9 Å². The molecule has 0 radical (unpaired) electrons. The Morgan fingerprint density at radius 2 is 2.46 bits per heavy atom. The second-order valence-electron chi connectivity index (χ2n) is 2.85. The van der Waals surface area contributed by atoms with Crippen molar-refractivity contribution < 1.29 is 4.92 Å². The highest BCUT2D eigenvalue weighted by atomic mass is 127. The van der Waals surface area contributed by atoms with E-state index < -0.39 is 4.92 Å². The molecule has 0 aliphatic carbocycles. The van der Waals surface area contributed by atoms with Crippen molar-refractivity contribution in [2.75, 3.05) is 13.1 Å². The molecule has 0 spiro atoms. The molecule has 2 rings (SSSR count). The Morgan fingerprint density at radius 1 is 1.77 bits per heavy atom. The predicted octanol–water partition coefficient (Wildman–Crippen LogP) is 0.540. The van der Waals surface area contributed by atoms with Crippen LogP contribution in [0.1, 0.15) is 6.04 Å². The zero-order valence-corrected chi connectivity index (χ0v) is 8.76. The molecule has 1 saturated heterocycles. The van der Waals surface area contributed by atoms with Gasteiger partial charge in [-0.3, -0.25) is 0 Å². The average Bonchev–Trinajstić information content (AvgIpc) is 2.27. The molecule has 2 heterocycles. The summed E-state index contributed by atoms with van der Waals surface area (Å²) in [4.78, 5) is 10.0. The number of nitrogens with one attached hydrogen (secondary N) is 1. The molecular formula is C6H7IN4O2. The van der Waals surface area contributed by atoms with Crippen molar-refractivity contribution in [2.24, 2.45) is 0 Å². The minimum absolute atomic E-state index is 0.0486. The molecule has 1 aromatic heterocycles. The molecule has 0 atom stereocenters. The zero-order valence-electron chi connectivity index (χ0n) is 6.61. The van der Waals surface area contributed by atoms with Gasteiger partial charge in [0.2, 0.25) is 0 Å². The predicted molar refractivity (Wildman–Crippen MR) is 53.5 cm³/mol. The Morgan fingerprint density at radius 3 is 2.85 bits per heavy atom. The molecule has 1 aliphatic rings. The van der Waals surface area contributed by atoms with Crippen LogP contribution in [0.4, 0.5) is 5.82 Å². The third-order valence-electron chi connectivity index (χ3n) is 1.98. The SMILES string of the molecule is O=[N+]([O-])c1nn(C2CNC2)cc1I. The van der Waals surface area contributed by atoms with Gasteiger partial charge in [0.25, 0.3) is 0 Å². The van der Waals surface area contributed by atoms with Gasteiger partial charge in [-0.1, -0.05) is 0 Å². The lowest BCUT2D eigenvalue weighted by molar-refractivity contribution is -0.390. The molecule has 7 heteroatoms. The van der Waals surface area contributed by atoms with E-state index in [2.05, 4.69) is 10.4 Å². The van der Waals surface area contributed by atoms with Crippen molar-refractivity contribution in [1.82, 2.24) is 15.1 Å². The van der Waals surface area contributed by atoms with Gasteiger partial charge in [0, 0.05) is 13.1 Å². The molecule has 6 nitrogen and oxygen atoms in total. The number of nitro groups is 1. The fourth-order valence-corrected chi connectivity index (χ4v) is 1.72. The van der Waals surface area contributed by atoms with Crippen molar-refractivity contribution in [1.29, 1.82) is 0 Å². The van der Waals surface area contributed by atoms with E-state index in [0.717, 1.165) is 13.1 Å². The quantitative estimate of drug-likeness (QED) is 0.491. The van der Waals surface area contributed by atoms with Crippen molar-refractivity contribution in [3.8, 4) is 0 Å². The summed E-state index contributed by atoms with van der Waals surface area (Å²) in [6.07, 6.45) is 1.71. The van der Waals surface area contributed by atoms with Crippen molar-refractivity contribution >= 4 is 28.4 Å². The van der Waals surface area contributed by atoms with Gasteiger partial charge in [-0.15, -0.1) is 0 Å². The van der Waals surface area contributed by atoms with E-state index in [4.69, 9.17) is 0 Å². The zero-order chi connectivity index (χ0) is 9.42. The van der Waals surface area contributed by atoms with Gasteiger partial charge < -0.3 is 15.4 Å². The number of nitrogens with zero attached hydrogens (tertiary/aromatic N) is 3. The highest BCUT2D eigenvalue weighted by molar-refractivity contribution is 14.1. The Hall–Kier alpha value is -0.700. The van der Waals surface area contributed by atoms with E-state index in [0.29, 0.717) is 3.57 Å². The molecule has 1 aromatic rings. The number of hydrogen-bond donors (Lipinski definition) is 1. The van der Waals surface area contributed by atoms with Crippen LogP contribution in [0.3, 0.4) is 0 Å². The largest absolute Gasteiger partial charge is 0.403 e. The Kier molecular flexibility index (Phi) is 2.20. The van der Waals surface area contributed by atoms with Gasteiger partial charge in [-0.05, 0) is 27.5 Å². The van der Waals surface area contributed by atoms with Gasteiger partial charge in [0.15, 0.2) is 0 Å². The minimum atomic E-state index is -0.454. The molecular weight excluding hydrogens is 287 g/mol. The Labute approximate surface area is 87.6 Å². The molecule has 1 fully saturated rings. The van der Waals surface area contributed by atoms with Gasteiger partial charge in [0.1, 0.15) is 3.57 Å². The van der Waals surface area contributed by atoms with E-state index in [1.807, 2.05) is 22.6 Å². The van der Waals surface area contributed by atoms with Gasteiger partial charge >= 0.3 is 5.82 Å². The highest BCUT2D eigenvalue weighted by Gasteiger charge is 2.26. The normalized spacial score (nSPS) is 17.0. The van der Waals surface area contributed by atoms with Crippen LogP contribution < -0.4 is 5.32 Å². The highest BCUT2D eigenvalue weighted by Crippen LogP contribution is 2.21. The first-order chi connectivity index (χ1) is 6.18. The third-order valence-corrected chi connectivity index (χ3v) is 2.74. The maximum atomic E-state index is 10.5. The standard InChI is InChI=1S/C6H7IN4O2/c7-5-3-10(4-1-8-2-4)9-6(5)11(12)13/h3-4,8H,1-2H2. The summed E-state index contributed by atoms with van der Waals surface area (Å²) in [7, 11) is 0. The van der Waals surface area contributed by atoms with Crippen LogP contribution in [-0.4, -0.2) is 27.8 Å². The smallest absolute Gasteiger partial charge is 0.358 e. The maximum Gasteiger partial charge on any atom is 0.403 e. The first-order valence-electron chi connectivity index (χ1n) is 3.78. The van der Waals surface area contributed by atoms with E-state index >= 15 is 0 Å². The van der Waals surface area contributed by atoms with Crippen molar-refractivity contribution in [3.63, 3.8) is 0 Å². The number of hydrogen-bond acceptors (Lipinski definition) is 4. The number of rotatable bonds is 2. The molecule has 0 unspecified atom stereocenters. The van der Waals surface area contributed by atoms with Crippen LogP contribution in [0.15, 0.2) is 6.20 Å². The molecule has 13 heavy (non-hydrogen) atoms. The van der Waals surface area contributed by atoms with Crippen LogP contribution in [0.25, 0.3) is 0 Å². The van der Waals surface area contributed by atoms with Crippen LogP contribution in [0, 0.1) is 13.7 Å². The fraction of sp³-hybridized carbons (Fsp3) is 0.500. The Balaban J connectivity index is 2.28. The minimum Gasteiger partial charge on any atom is -0.358 e.